The molecule has 0 spiro atoms. The third-order valence-electron chi connectivity index (χ3n) is 2.64. The van der Waals surface area contributed by atoms with E-state index in [2.05, 4.69) is 4.72 Å². The Morgan fingerprint density at radius 1 is 1.19 bits per heavy atom. The van der Waals surface area contributed by atoms with E-state index in [9.17, 15) is 17.6 Å². The lowest BCUT2D eigenvalue weighted by molar-refractivity contribution is 0.100. The Labute approximate surface area is 125 Å². The average molecular weight is 329 g/mol. The summed E-state index contributed by atoms with van der Waals surface area (Å²) in [6.07, 6.45) is 0. The number of para-hydroxylation sites is 1. The molecule has 0 bridgehead atoms. The number of anilines is 1. The van der Waals surface area contributed by atoms with Crippen LogP contribution in [0.2, 0.25) is 5.02 Å². The number of hydrogen-bond donors (Lipinski definition) is 2. The summed E-state index contributed by atoms with van der Waals surface area (Å²) in [5.41, 5.74) is 5.23. The minimum absolute atomic E-state index is 0.0225. The summed E-state index contributed by atoms with van der Waals surface area (Å²) in [7, 11) is -4.02. The maximum atomic E-state index is 13.1. The topological polar surface area (TPSA) is 89.3 Å². The third kappa shape index (κ3) is 3.32. The van der Waals surface area contributed by atoms with Crippen molar-refractivity contribution >= 4 is 33.2 Å². The van der Waals surface area contributed by atoms with Crippen LogP contribution in [-0.4, -0.2) is 14.3 Å². The van der Waals surface area contributed by atoms with Crippen molar-refractivity contribution in [2.24, 2.45) is 5.73 Å². The number of nitrogens with one attached hydrogen (secondary N) is 1. The van der Waals surface area contributed by atoms with Crippen molar-refractivity contribution in [3.63, 3.8) is 0 Å². The largest absolute Gasteiger partial charge is 0.366 e. The standard InChI is InChI=1S/C13H10ClFN2O3S/c14-10-7-8(5-6-11(10)15)21(19,20)17-12-4-2-1-3-9(12)13(16)18/h1-7,17H,(H2,16,18). The quantitative estimate of drug-likeness (QED) is 0.903. The van der Waals surface area contributed by atoms with Gasteiger partial charge in [0, 0.05) is 0 Å². The molecule has 1 amide bonds. The zero-order valence-electron chi connectivity index (χ0n) is 10.5. The van der Waals surface area contributed by atoms with Gasteiger partial charge in [-0.25, -0.2) is 12.8 Å². The van der Waals surface area contributed by atoms with Crippen LogP contribution in [0.1, 0.15) is 10.4 Å². The van der Waals surface area contributed by atoms with Gasteiger partial charge in [0.15, 0.2) is 0 Å². The van der Waals surface area contributed by atoms with Gasteiger partial charge in [-0.15, -0.1) is 0 Å². The Kier molecular flexibility index (Phi) is 4.15. The molecular weight excluding hydrogens is 319 g/mol. The molecule has 2 aromatic rings. The van der Waals surface area contributed by atoms with Crippen LogP contribution in [0.15, 0.2) is 47.4 Å². The lowest BCUT2D eigenvalue weighted by Crippen LogP contribution is -2.18. The molecule has 5 nitrogen and oxygen atoms in total. The first-order chi connectivity index (χ1) is 9.81. The Morgan fingerprint density at radius 3 is 2.48 bits per heavy atom. The molecule has 0 unspecified atom stereocenters. The van der Waals surface area contributed by atoms with Crippen LogP contribution in [0.4, 0.5) is 10.1 Å². The van der Waals surface area contributed by atoms with Crippen molar-refractivity contribution in [2.45, 2.75) is 4.90 Å². The predicted octanol–water partition coefficient (Wildman–Crippen LogP) is 2.38. The Bertz CT molecular complexity index is 809. The highest BCUT2D eigenvalue weighted by Gasteiger charge is 2.18. The normalized spacial score (nSPS) is 11.1. The van der Waals surface area contributed by atoms with Crippen LogP contribution < -0.4 is 10.5 Å². The van der Waals surface area contributed by atoms with Crippen LogP contribution in [-0.2, 0) is 10.0 Å². The molecule has 110 valence electrons. The summed E-state index contributed by atoms with van der Waals surface area (Å²) in [5.74, 6) is -1.50. The molecule has 21 heavy (non-hydrogen) atoms. The molecule has 0 aliphatic rings. The second-order valence-corrected chi connectivity index (χ2v) is 6.18. The Morgan fingerprint density at radius 2 is 1.86 bits per heavy atom. The van der Waals surface area contributed by atoms with Crippen LogP contribution >= 0.6 is 11.6 Å². The van der Waals surface area contributed by atoms with Crippen molar-refractivity contribution in [3.8, 4) is 0 Å². The highest BCUT2D eigenvalue weighted by atomic mass is 35.5. The van der Waals surface area contributed by atoms with E-state index in [-0.39, 0.29) is 21.2 Å². The Hall–Kier alpha value is -2.12. The van der Waals surface area contributed by atoms with Crippen molar-refractivity contribution < 1.29 is 17.6 Å². The number of sulfonamides is 1. The fourth-order valence-corrected chi connectivity index (χ4v) is 2.99. The molecule has 0 aromatic heterocycles. The molecule has 0 aliphatic heterocycles. The molecule has 0 saturated heterocycles. The van der Waals surface area contributed by atoms with E-state index < -0.39 is 21.7 Å². The SMILES string of the molecule is NC(=O)c1ccccc1NS(=O)(=O)c1ccc(F)c(Cl)c1. The molecule has 3 N–H and O–H groups in total. The van der Waals surface area contributed by atoms with Gasteiger partial charge in [0.25, 0.3) is 15.9 Å². The maximum Gasteiger partial charge on any atom is 0.261 e. The van der Waals surface area contributed by atoms with E-state index in [4.69, 9.17) is 17.3 Å². The number of carbonyl (C=O) groups is 1. The van der Waals surface area contributed by atoms with Gasteiger partial charge >= 0.3 is 0 Å². The van der Waals surface area contributed by atoms with E-state index in [1.54, 1.807) is 12.1 Å². The average Bonchev–Trinajstić information content (AvgIpc) is 2.41. The molecule has 0 saturated carbocycles. The lowest BCUT2D eigenvalue weighted by Gasteiger charge is -2.11. The number of primary amides is 1. The van der Waals surface area contributed by atoms with Crippen LogP contribution in [0.3, 0.4) is 0 Å². The fourth-order valence-electron chi connectivity index (χ4n) is 1.63. The number of halogens is 2. The zero-order valence-corrected chi connectivity index (χ0v) is 12.1. The van der Waals surface area contributed by atoms with E-state index >= 15 is 0 Å². The molecule has 2 rings (SSSR count). The van der Waals surface area contributed by atoms with E-state index in [1.165, 1.54) is 12.1 Å². The molecule has 2 aromatic carbocycles. The number of nitrogens with two attached hydrogens (primary N) is 1. The molecular formula is C13H10ClFN2O3S. The number of hydrogen-bond acceptors (Lipinski definition) is 3. The van der Waals surface area contributed by atoms with Crippen molar-refractivity contribution in [1.82, 2.24) is 0 Å². The molecule has 0 radical (unpaired) electrons. The monoisotopic (exact) mass is 328 g/mol. The second-order valence-electron chi connectivity index (χ2n) is 4.09. The van der Waals surface area contributed by atoms with Gasteiger partial charge in [-0.05, 0) is 30.3 Å². The number of carbonyl (C=O) groups excluding carboxylic acids is 1. The second kappa shape index (κ2) is 5.71. The van der Waals surface area contributed by atoms with Crippen LogP contribution in [0, 0.1) is 5.82 Å². The highest BCUT2D eigenvalue weighted by Crippen LogP contribution is 2.23. The van der Waals surface area contributed by atoms with Gasteiger partial charge < -0.3 is 5.73 Å². The molecule has 8 heteroatoms. The summed E-state index contributed by atoms with van der Waals surface area (Å²) < 4.78 is 39.7. The first-order valence-corrected chi connectivity index (χ1v) is 7.54. The van der Waals surface area contributed by atoms with Gasteiger partial charge in [-0.1, -0.05) is 23.7 Å². The molecule has 0 aliphatic carbocycles. The maximum absolute atomic E-state index is 13.1. The number of benzene rings is 2. The first-order valence-electron chi connectivity index (χ1n) is 5.68. The summed E-state index contributed by atoms with van der Waals surface area (Å²) in [4.78, 5) is 11.0. The third-order valence-corrected chi connectivity index (χ3v) is 4.29. The van der Waals surface area contributed by atoms with Gasteiger partial charge in [-0.2, -0.15) is 0 Å². The van der Waals surface area contributed by atoms with Crippen molar-refractivity contribution in [3.05, 3.63) is 58.9 Å². The molecule has 0 fully saturated rings. The highest BCUT2D eigenvalue weighted by molar-refractivity contribution is 7.92. The Balaban J connectivity index is 2.42. The summed E-state index contributed by atoms with van der Waals surface area (Å²) in [6, 6.07) is 8.86. The summed E-state index contributed by atoms with van der Waals surface area (Å²) in [5, 5.41) is -0.318. The molecule has 0 atom stereocenters. The van der Waals surface area contributed by atoms with E-state index in [0.717, 1.165) is 18.2 Å². The number of amides is 1. The van der Waals surface area contributed by atoms with Gasteiger partial charge in [0.1, 0.15) is 5.82 Å². The van der Waals surface area contributed by atoms with Gasteiger partial charge in [-0.3, -0.25) is 9.52 Å². The van der Waals surface area contributed by atoms with Crippen LogP contribution in [0.25, 0.3) is 0 Å². The predicted molar refractivity (Wildman–Crippen MR) is 77.2 cm³/mol. The summed E-state index contributed by atoms with van der Waals surface area (Å²) in [6.45, 7) is 0. The smallest absolute Gasteiger partial charge is 0.261 e. The minimum atomic E-state index is -4.02. The lowest BCUT2D eigenvalue weighted by atomic mass is 10.2. The van der Waals surface area contributed by atoms with E-state index in [1.807, 2.05) is 0 Å². The number of rotatable bonds is 4. The first kappa shape index (κ1) is 15.3. The van der Waals surface area contributed by atoms with Gasteiger partial charge in [0.05, 0.1) is 21.2 Å². The minimum Gasteiger partial charge on any atom is -0.366 e. The van der Waals surface area contributed by atoms with Gasteiger partial charge in [0.2, 0.25) is 0 Å². The van der Waals surface area contributed by atoms with Crippen molar-refractivity contribution in [1.29, 1.82) is 0 Å². The van der Waals surface area contributed by atoms with E-state index in [0.29, 0.717) is 0 Å². The van der Waals surface area contributed by atoms with Crippen molar-refractivity contribution in [2.75, 3.05) is 4.72 Å². The summed E-state index contributed by atoms with van der Waals surface area (Å²) >= 11 is 5.56. The van der Waals surface area contributed by atoms with Crippen LogP contribution in [0.5, 0.6) is 0 Å². The zero-order chi connectivity index (χ0) is 15.6. The fraction of sp³-hybridized carbons (Fsp3) is 0. The molecule has 0 heterocycles.